The number of piperidine rings is 1. The lowest BCUT2D eigenvalue weighted by atomic mass is 9.93. The van der Waals surface area contributed by atoms with Crippen molar-refractivity contribution in [2.75, 3.05) is 64.9 Å². The van der Waals surface area contributed by atoms with Gasteiger partial charge in [-0.25, -0.2) is 4.79 Å². The molecule has 3 rings (SSSR count). The van der Waals surface area contributed by atoms with E-state index in [1.54, 1.807) is 24.3 Å². The Labute approximate surface area is 167 Å². The Balaban J connectivity index is 1.34. The fourth-order valence-electron chi connectivity index (χ4n) is 3.83. The van der Waals surface area contributed by atoms with Gasteiger partial charge in [0, 0.05) is 18.8 Å². The van der Waals surface area contributed by atoms with Crippen LogP contribution in [0.15, 0.2) is 24.3 Å². The number of esters is 1. The van der Waals surface area contributed by atoms with E-state index in [1.807, 2.05) is 0 Å². The first-order valence-electron chi connectivity index (χ1n) is 10.1. The zero-order valence-corrected chi connectivity index (χ0v) is 16.7. The molecule has 2 heterocycles. The van der Waals surface area contributed by atoms with Gasteiger partial charge in [-0.2, -0.15) is 0 Å². The molecule has 0 atom stereocenters. The summed E-state index contributed by atoms with van der Waals surface area (Å²) in [4.78, 5) is 28.5. The summed E-state index contributed by atoms with van der Waals surface area (Å²) in [6.07, 6.45) is 3.56. The first kappa shape index (κ1) is 20.8. The van der Waals surface area contributed by atoms with E-state index in [4.69, 9.17) is 4.74 Å². The molecule has 1 aromatic rings. The molecular weight excluding hydrogens is 358 g/mol. The Morgan fingerprint density at radius 3 is 2.39 bits per heavy atom. The minimum atomic E-state index is -0.380. The third kappa shape index (κ3) is 6.29. The second-order valence-corrected chi connectivity index (χ2v) is 7.58. The Hall–Kier alpha value is -1.96. The predicted octanol–water partition coefficient (Wildman–Crippen LogP) is 1.85. The highest BCUT2D eigenvalue weighted by atomic mass is 16.5. The van der Waals surface area contributed by atoms with Crippen LogP contribution in [-0.2, 0) is 14.3 Å². The summed E-state index contributed by atoms with van der Waals surface area (Å²) in [5.74, 6) is 0.361. The summed E-state index contributed by atoms with van der Waals surface area (Å²) in [6, 6.07) is 6.76. The van der Waals surface area contributed by atoms with Crippen molar-refractivity contribution in [3.63, 3.8) is 0 Å². The number of ether oxygens (including phenoxy) is 2. The van der Waals surface area contributed by atoms with Crippen molar-refractivity contribution in [2.24, 2.45) is 5.92 Å². The van der Waals surface area contributed by atoms with Crippen molar-refractivity contribution in [3.8, 4) is 0 Å². The van der Waals surface area contributed by atoms with E-state index in [2.05, 4.69) is 19.9 Å². The van der Waals surface area contributed by atoms with Gasteiger partial charge in [-0.3, -0.25) is 14.6 Å². The number of nitrogens with one attached hydrogen (secondary N) is 1. The maximum absolute atomic E-state index is 12.3. The van der Waals surface area contributed by atoms with Gasteiger partial charge in [-0.1, -0.05) is 0 Å². The molecule has 0 saturated carbocycles. The fourth-order valence-corrected chi connectivity index (χ4v) is 3.83. The Kier molecular flexibility index (Phi) is 7.82. The molecule has 2 saturated heterocycles. The number of nitrogens with zero attached hydrogens (tertiary/aromatic N) is 2. The van der Waals surface area contributed by atoms with Crippen molar-refractivity contribution in [1.29, 1.82) is 0 Å². The minimum absolute atomic E-state index is 0.0161. The van der Waals surface area contributed by atoms with Gasteiger partial charge in [0.1, 0.15) is 0 Å². The maximum Gasteiger partial charge on any atom is 0.337 e. The third-order valence-corrected chi connectivity index (χ3v) is 5.62. The van der Waals surface area contributed by atoms with Crippen LogP contribution in [-0.4, -0.2) is 81.3 Å². The molecule has 7 heteroatoms. The van der Waals surface area contributed by atoms with E-state index in [0.29, 0.717) is 17.8 Å². The topological polar surface area (TPSA) is 71.1 Å². The molecule has 2 aliphatic rings. The average molecular weight is 389 g/mol. The number of hydrogen-bond donors (Lipinski definition) is 1. The van der Waals surface area contributed by atoms with Crippen molar-refractivity contribution in [1.82, 2.24) is 9.80 Å². The Morgan fingerprint density at radius 2 is 1.75 bits per heavy atom. The smallest absolute Gasteiger partial charge is 0.337 e. The van der Waals surface area contributed by atoms with Crippen LogP contribution in [0.5, 0.6) is 0 Å². The Morgan fingerprint density at radius 1 is 1.07 bits per heavy atom. The van der Waals surface area contributed by atoms with Gasteiger partial charge in [0.15, 0.2) is 0 Å². The number of anilines is 1. The van der Waals surface area contributed by atoms with Crippen molar-refractivity contribution < 1.29 is 19.1 Å². The van der Waals surface area contributed by atoms with Gasteiger partial charge in [-0.15, -0.1) is 0 Å². The van der Waals surface area contributed by atoms with Gasteiger partial charge in [-0.05, 0) is 69.1 Å². The molecule has 1 aromatic carbocycles. The van der Waals surface area contributed by atoms with Gasteiger partial charge < -0.3 is 14.8 Å². The minimum Gasteiger partial charge on any atom is -0.465 e. The number of carbonyl (C=O) groups excluding carboxylic acids is 2. The molecule has 0 bridgehead atoms. The largest absolute Gasteiger partial charge is 0.465 e. The van der Waals surface area contributed by atoms with Crippen molar-refractivity contribution in [3.05, 3.63) is 29.8 Å². The zero-order valence-electron chi connectivity index (χ0n) is 16.7. The number of methoxy groups -OCH3 is 1. The van der Waals surface area contributed by atoms with Gasteiger partial charge >= 0.3 is 5.97 Å². The van der Waals surface area contributed by atoms with Crippen LogP contribution < -0.4 is 5.32 Å². The van der Waals surface area contributed by atoms with Crippen LogP contribution in [0.25, 0.3) is 0 Å². The second-order valence-electron chi connectivity index (χ2n) is 7.58. The predicted molar refractivity (Wildman–Crippen MR) is 107 cm³/mol. The highest BCUT2D eigenvalue weighted by Gasteiger charge is 2.22. The van der Waals surface area contributed by atoms with E-state index in [-0.39, 0.29) is 11.9 Å². The van der Waals surface area contributed by atoms with Gasteiger partial charge in [0.25, 0.3) is 0 Å². The summed E-state index contributed by atoms with van der Waals surface area (Å²) in [7, 11) is 1.35. The van der Waals surface area contributed by atoms with Crippen molar-refractivity contribution >= 4 is 17.6 Å². The molecule has 154 valence electrons. The molecule has 2 aliphatic heterocycles. The van der Waals surface area contributed by atoms with Crippen LogP contribution in [0.2, 0.25) is 0 Å². The third-order valence-electron chi connectivity index (χ3n) is 5.62. The van der Waals surface area contributed by atoms with Crippen LogP contribution in [0, 0.1) is 5.92 Å². The highest BCUT2D eigenvalue weighted by Crippen LogP contribution is 2.21. The normalized spacial score (nSPS) is 19.3. The second kappa shape index (κ2) is 10.5. The van der Waals surface area contributed by atoms with Crippen LogP contribution >= 0.6 is 0 Å². The average Bonchev–Trinajstić information content (AvgIpc) is 2.74. The maximum atomic E-state index is 12.3. The monoisotopic (exact) mass is 389 g/mol. The lowest BCUT2D eigenvalue weighted by Crippen LogP contribution is -2.41. The lowest BCUT2D eigenvalue weighted by Gasteiger charge is -2.33. The molecule has 0 aromatic heterocycles. The van der Waals surface area contributed by atoms with E-state index in [1.165, 1.54) is 13.5 Å². The van der Waals surface area contributed by atoms with E-state index < -0.39 is 0 Å². The molecular formula is C21H31N3O4. The summed E-state index contributed by atoms with van der Waals surface area (Å²) in [5, 5.41) is 2.90. The van der Waals surface area contributed by atoms with Crippen LogP contribution in [0.3, 0.4) is 0 Å². The number of amides is 1. The lowest BCUT2D eigenvalue weighted by molar-refractivity contribution is -0.117. The van der Waals surface area contributed by atoms with E-state index >= 15 is 0 Å². The molecule has 7 nitrogen and oxygen atoms in total. The number of morpholine rings is 1. The molecule has 28 heavy (non-hydrogen) atoms. The quantitative estimate of drug-likeness (QED) is 0.718. The summed E-state index contributed by atoms with van der Waals surface area (Å²) in [5.41, 5.74) is 1.16. The highest BCUT2D eigenvalue weighted by molar-refractivity contribution is 5.93. The number of benzene rings is 1. The first-order chi connectivity index (χ1) is 13.6. The van der Waals surface area contributed by atoms with Gasteiger partial charge in [0.05, 0.1) is 32.4 Å². The summed E-state index contributed by atoms with van der Waals surface area (Å²) in [6.45, 7) is 7.35. The van der Waals surface area contributed by atoms with Crippen molar-refractivity contribution in [2.45, 2.75) is 19.3 Å². The summed E-state index contributed by atoms with van der Waals surface area (Å²) >= 11 is 0. The molecule has 0 unspecified atom stereocenters. The molecule has 0 radical (unpaired) electrons. The summed E-state index contributed by atoms with van der Waals surface area (Å²) < 4.78 is 10.1. The van der Waals surface area contributed by atoms with E-state index in [9.17, 15) is 9.59 Å². The molecule has 1 N–H and O–H groups in total. The zero-order chi connectivity index (χ0) is 19.8. The fraction of sp³-hybridized carbons (Fsp3) is 0.619. The molecule has 2 fully saturated rings. The molecule has 0 aliphatic carbocycles. The molecule has 1 amide bonds. The Bertz CT molecular complexity index is 636. The number of likely N-dealkylation sites (tertiary alicyclic amines) is 1. The van der Waals surface area contributed by atoms with Gasteiger partial charge in [0.2, 0.25) is 5.91 Å². The van der Waals surface area contributed by atoms with Crippen LogP contribution in [0.1, 0.15) is 29.6 Å². The number of rotatable bonds is 7. The first-order valence-corrected chi connectivity index (χ1v) is 10.1. The van der Waals surface area contributed by atoms with E-state index in [0.717, 1.165) is 64.7 Å². The molecule has 0 spiro atoms. The van der Waals surface area contributed by atoms with Crippen LogP contribution in [0.4, 0.5) is 5.69 Å². The SMILES string of the molecule is COC(=O)c1ccc(NC(=O)CN2CCC(CCN3CCOCC3)CC2)cc1. The standard InChI is InChI=1S/C21H31N3O4/c1-27-21(26)18-2-4-19(5-3-18)22-20(25)16-24-10-7-17(8-11-24)6-9-23-12-14-28-15-13-23/h2-5,17H,6-16H2,1H3,(H,22,25). The number of hydrogen-bond acceptors (Lipinski definition) is 6. The number of carbonyl (C=O) groups is 2.